The fourth-order valence-electron chi connectivity index (χ4n) is 3.10. The number of hydrogen-bond acceptors (Lipinski definition) is 3. The summed E-state index contributed by atoms with van der Waals surface area (Å²) in [6.45, 7) is 2.19. The third-order valence-corrected chi connectivity index (χ3v) is 4.15. The zero-order valence-electron chi connectivity index (χ0n) is 13.0. The van der Waals surface area contributed by atoms with Crippen molar-refractivity contribution in [1.29, 1.82) is 0 Å². The molecule has 0 amide bonds. The zero-order valence-corrected chi connectivity index (χ0v) is 13.8. The predicted molar refractivity (Wildman–Crippen MR) is 91.2 cm³/mol. The average Bonchev–Trinajstić information content (AvgIpc) is 2.51. The second-order valence-corrected chi connectivity index (χ2v) is 6.51. The lowest BCUT2D eigenvalue weighted by Crippen LogP contribution is -2.06. The maximum Gasteiger partial charge on any atom is 0.255 e. The van der Waals surface area contributed by atoms with Crippen LogP contribution in [0.25, 0.3) is 10.8 Å². The van der Waals surface area contributed by atoms with Crippen LogP contribution in [0.5, 0.6) is 0 Å². The molecule has 0 bridgehead atoms. The molecule has 4 rings (SSSR count). The maximum atomic E-state index is 10.1. The summed E-state index contributed by atoms with van der Waals surface area (Å²) >= 11 is 0. The number of hydrogen-bond donors (Lipinski definition) is 0. The third-order valence-electron chi connectivity index (χ3n) is 4.15. The van der Waals surface area contributed by atoms with Gasteiger partial charge in [-0.1, -0.05) is 12.1 Å². The van der Waals surface area contributed by atoms with Gasteiger partial charge in [0.25, 0.3) is 10.5 Å². The molecule has 0 saturated heterocycles. The Morgan fingerprint density at radius 1 is 0.958 bits per heavy atom. The summed E-state index contributed by atoms with van der Waals surface area (Å²) in [6, 6.07) is 19.8. The Morgan fingerprint density at radius 3 is 2.42 bits per heavy atom. The standard InChI is InChI=1S/C19H15.FHO3S/c1-13-5-4-8-18-17(13)10-9-16-11-14-6-2-3-7-15(14)12-19(16)18;1-5(2,3)4/h2-10,12H,11H2,1H3;(H,2,3,4)/q+1;/p-1. The van der Waals surface area contributed by atoms with Crippen LogP contribution in [0.4, 0.5) is 3.89 Å². The Hall–Kier alpha value is -2.37. The first-order chi connectivity index (χ1) is 11.3. The van der Waals surface area contributed by atoms with Crippen molar-refractivity contribution in [2.45, 2.75) is 13.3 Å². The average molecular weight is 342 g/mol. The molecule has 0 N–H and O–H groups in total. The maximum absolute atomic E-state index is 10.1. The topological polar surface area (TPSA) is 57.2 Å². The number of aryl methyl sites for hydroxylation is 1. The Kier molecular flexibility index (Phi) is 4.30. The number of halogens is 1. The summed E-state index contributed by atoms with van der Waals surface area (Å²) in [5, 5.41) is 2.75. The van der Waals surface area contributed by atoms with Crippen LogP contribution in [0.2, 0.25) is 0 Å². The summed E-state index contributed by atoms with van der Waals surface area (Å²) in [7, 11) is -5.42. The first-order valence-corrected chi connectivity index (χ1v) is 8.73. The molecular formula is C19H15FO3S. The van der Waals surface area contributed by atoms with Crippen LogP contribution in [-0.4, -0.2) is 13.0 Å². The van der Waals surface area contributed by atoms with E-state index < -0.39 is 10.5 Å². The molecule has 24 heavy (non-hydrogen) atoms. The normalized spacial score (nSPS) is 12.5. The van der Waals surface area contributed by atoms with Gasteiger partial charge >= 0.3 is 0 Å². The van der Waals surface area contributed by atoms with E-state index in [2.05, 4.69) is 67.9 Å². The van der Waals surface area contributed by atoms with E-state index in [-0.39, 0.29) is 0 Å². The van der Waals surface area contributed by atoms with Gasteiger partial charge in [0.15, 0.2) is 0 Å². The Labute approximate surface area is 140 Å². The minimum Gasteiger partial charge on any atom is -0.722 e. The second kappa shape index (κ2) is 6.26. The SMILES string of the molecule is Cc1cccc2c3c(ccc12)Cc1ccccc1[CH+]3.O=S(=O)([O-])F. The Bertz CT molecular complexity index is 1000. The van der Waals surface area contributed by atoms with Crippen LogP contribution in [0, 0.1) is 13.3 Å². The summed E-state index contributed by atoms with van der Waals surface area (Å²) in [6.07, 6.45) is 3.39. The van der Waals surface area contributed by atoms with E-state index in [0.29, 0.717) is 0 Å². The van der Waals surface area contributed by atoms with E-state index in [1.165, 1.54) is 38.6 Å². The summed E-state index contributed by atoms with van der Waals surface area (Å²) in [5.41, 5.74) is 7.00. The van der Waals surface area contributed by atoms with Crippen molar-refractivity contribution in [2.24, 2.45) is 0 Å². The summed E-state index contributed by atoms with van der Waals surface area (Å²) in [5.74, 6) is 0. The molecule has 0 unspecified atom stereocenters. The molecule has 3 nitrogen and oxygen atoms in total. The highest BCUT2D eigenvalue weighted by molar-refractivity contribution is 7.80. The lowest BCUT2D eigenvalue weighted by atomic mass is 9.83. The van der Waals surface area contributed by atoms with E-state index in [9.17, 15) is 3.89 Å². The van der Waals surface area contributed by atoms with E-state index in [0.717, 1.165) is 6.42 Å². The molecule has 3 aromatic rings. The molecule has 3 aromatic carbocycles. The fraction of sp³-hybridized carbons (Fsp3) is 0.105. The molecule has 5 heteroatoms. The first-order valence-electron chi connectivity index (χ1n) is 7.42. The molecule has 0 fully saturated rings. The van der Waals surface area contributed by atoms with Gasteiger partial charge in [-0.05, 0) is 48.9 Å². The number of rotatable bonds is 0. The van der Waals surface area contributed by atoms with Gasteiger partial charge in [0.2, 0.25) is 0 Å². The lowest BCUT2D eigenvalue weighted by Gasteiger charge is -2.15. The summed E-state index contributed by atoms with van der Waals surface area (Å²) < 4.78 is 35.3. The van der Waals surface area contributed by atoms with Crippen molar-refractivity contribution in [2.75, 3.05) is 0 Å². The number of fused-ring (bicyclic) bond motifs is 4. The van der Waals surface area contributed by atoms with Crippen LogP contribution in [0.1, 0.15) is 27.8 Å². The molecule has 122 valence electrons. The van der Waals surface area contributed by atoms with Crippen LogP contribution in [0.15, 0.2) is 54.6 Å². The van der Waals surface area contributed by atoms with Crippen LogP contribution < -0.4 is 0 Å². The zero-order chi connectivity index (χ0) is 17.3. The monoisotopic (exact) mass is 342 g/mol. The van der Waals surface area contributed by atoms with Gasteiger partial charge < -0.3 is 4.55 Å². The molecule has 0 atom stereocenters. The molecular weight excluding hydrogens is 327 g/mol. The summed E-state index contributed by atoms with van der Waals surface area (Å²) in [4.78, 5) is 0. The molecule has 0 aliphatic heterocycles. The van der Waals surface area contributed by atoms with Crippen molar-refractivity contribution in [3.63, 3.8) is 0 Å². The van der Waals surface area contributed by atoms with Gasteiger partial charge in [-0.3, -0.25) is 0 Å². The van der Waals surface area contributed by atoms with Gasteiger partial charge in [0.05, 0.1) is 22.9 Å². The number of benzene rings is 3. The van der Waals surface area contributed by atoms with Crippen molar-refractivity contribution in [1.82, 2.24) is 0 Å². The van der Waals surface area contributed by atoms with Gasteiger partial charge in [-0.15, -0.1) is 3.89 Å². The Morgan fingerprint density at radius 2 is 1.67 bits per heavy atom. The largest absolute Gasteiger partial charge is 0.722 e. The smallest absolute Gasteiger partial charge is 0.255 e. The van der Waals surface area contributed by atoms with Crippen LogP contribution >= 0.6 is 0 Å². The highest BCUT2D eigenvalue weighted by atomic mass is 32.3. The predicted octanol–water partition coefficient (Wildman–Crippen LogP) is 4.07. The molecule has 0 aromatic heterocycles. The van der Waals surface area contributed by atoms with Crippen LogP contribution in [0.3, 0.4) is 0 Å². The van der Waals surface area contributed by atoms with E-state index in [1.54, 1.807) is 0 Å². The van der Waals surface area contributed by atoms with Crippen molar-refractivity contribution >= 4 is 21.3 Å². The molecule has 1 aliphatic rings. The van der Waals surface area contributed by atoms with Gasteiger partial charge in [0.1, 0.15) is 0 Å². The van der Waals surface area contributed by atoms with Crippen LogP contribution in [-0.2, 0) is 16.9 Å². The molecule has 1 aliphatic carbocycles. The first kappa shape index (κ1) is 16.5. The van der Waals surface area contributed by atoms with Gasteiger partial charge in [-0.2, -0.15) is 0 Å². The quantitative estimate of drug-likeness (QED) is 0.275. The van der Waals surface area contributed by atoms with Crippen molar-refractivity contribution in [3.05, 3.63) is 88.8 Å². The van der Waals surface area contributed by atoms with E-state index >= 15 is 0 Å². The molecule has 0 heterocycles. The highest BCUT2D eigenvalue weighted by Gasteiger charge is 2.23. The van der Waals surface area contributed by atoms with E-state index in [1.807, 2.05) is 0 Å². The van der Waals surface area contributed by atoms with Gasteiger partial charge in [0, 0.05) is 29.0 Å². The van der Waals surface area contributed by atoms with Crippen molar-refractivity contribution < 1.29 is 16.9 Å². The van der Waals surface area contributed by atoms with Crippen molar-refractivity contribution in [3.8, 4) is 0 Å². The second-order valence-electron chi connectivity index (χ2n) is 5.72. The van der Waals surface area contributed by atoms with Gasteiger partial charge in [-0.25, -0.2) is 8.42 Å². The Balaban J connectivity index is 0.000000300. The highest BCUT2D eigenvalue weighted by Crippen LogP contribution is 2.34. The fourth-order valence-corrected chi connectivity index (χ4v) is 3.10. The molecule has 0 radical (unpaired) electrons. The molecule has 0 saturated carbocycles. The minimum atomic E-state index is -5.42. The third kappa shape index (κ3) is 3.58. The molecule has 0 spiro atoms. The minimum absolute atomic E-state index is 1.05. The van der Waals surface area contributed by atoms with E-state index in [4.69, 9.17) is 13.0 Å². The lowest BCUT2D eigenvalue weighted by molar-refractivity contribution is 0.417.